The van der Waals surface area contributed by atoms with Crippen LogP contribution in [0.15, 0.2) is 28.1 Å². The Labute approximate surface area is 128 Å². The molecule has 19 heavy (non-hydrogen) atoms. The largest absolute Gasteiger partial charge is 0.486 e. The molecule has 2 N–H and O–H groups in total. The van der Waals surface area contributed by atoms with Crippen LogP contribution in [0.1, 0.15) is 16.5 Å². The van der Waals surface area contributed by atoms with E-state index in [0.717, 1.165) is 14.2 Å². The Kier molecular flexibility index (Phi) is 3.71. The van der Waals surface area contributed by atoms with Crippen LogP contribution in [0.25, 0.3) is 0 Å². The van der Waals surface area contributed by atoms with Crippen molar-refractivity contribution in [2.75, 3.05) is 13.2 Å². The van der Waals surface area contributed by atoms with Crippen molar-refractivity contribution in [2.45, 2.75) is 6.04 Å². The van der Waals surface area contributed by atoms with Crippen LogP contribution in [0.4, 0.5) is 0 Å². The van der Waals surface area contributed by atoms with E-state index in [1.54, 1.807) is 17.4 Å². The van der Waals surface area contributed by atoms with Crippen LogP contribution in [0, 0.1) is 0 Å². The van der Waals surface area contributed by atoms with Gasteiger partial charge in [-0.2, -0.15) is 0 Å². The lowest BCUT2D eigenvalue weighted by Gasteiger charge is -2.21. The molecule has 1 aliphatic heterocycles. The first kappa shape index (κ1) is 13.2. The Bertz CT molecular complexity index is 617. The molecule has 2 heterocycles. The van der Waals surface area contributed by atoms with E-state index >= 15 is 0 Å². The molecule has 6 heteroatoms. The molecule has 100 valence electrons. The van der Waals surface area contributed by atoms with Gasteiger partial charge in [0.1, 0.15) is 13.2 Å². The Morgan fingerprint density at radius 1 is 1.21 bits per heavy atom. The average Bonchev–Trinajstić information content (AvgIpc) is 2.84. The standard InChI is InChI=1S/C13H11BrClNO2S/c14-12-2-1-11(19-12)13(16)7-5-9-10(6-8(7)15)18-4-3-17-9/h1-2,5-6,13H,3-4,16H2. The number of rotatable bonds is 2. The highest BCUT2D eigenvalue weighted by molar-refractivity contribution is 9.11. The topological polar surface area (TPSA) is 44.5 Å². The summed E-state index contributed by atoms with van der Waals surface area (Å²) in [6, 6.07) is 7.35. The quantitative estimate of drug-likeness (QED) is 0.881. The molecular weight excluding hydrogens is 350 g/mol. The van der Waals surface area contributed by atoms with Gasteiger partial charge in [0.15, 0.2) is 11.5 Å². The summed E-state index contributed by atoms with van der Waals surface area (Å²) in [4.78, 5) is 1.05. The lowest BCUT2D eigenvalue weighted by atomic mass is 10.1. The molecule has 3 nitrogen and oxygen atoms in total. The lowest BCUT2D eigenvalue weighted by Crippen LogP contribution is -2.17. The number of ether oxygens (including phenoxy) is 2. The zero-order chi connectivity index (χ0) is 13.4. The van der Waals surface area contributed by atoms with E-state index in [4.69, 9.17) is 26.8 Å². The van der Waals surface area contributed by atoms with Crippen LogP contribution in [-0.4, -0.2) is 13.2 Å². The Balaban J connectivity index is 2.00. The number of nitrogens with two attached hydrogens (primary N) is 1. The summed E-state index contributed by atoms with van der Waals surface area (Å²) in [7, 11) is 0. The fraction of sp³-hybridized carbons (Fsp3) is 0.231. The number of hydrogen-bond donors (Lipinski definition) is 1. The van der Waals surface area contributed by atoms with Gasteiger partial charge in [0.25, 0.3) is 0 Å². The third-order valence-corrected chi connectivity index (χ3v) is 4.93. The maximum Gasteiger partial charge on any atom is 0.162 e. The monoisotopic (exact) mass is 359 g/mol. The molecule has 0 fully saturated rings. The molecule has 0 spiro atoms. The van der Waals surface area contributed by atoms with Gasteiger partial charge in [-0.25, -0.2) is 0 Å². The van der Waals surface area contributed by atoms with Crippen LogP contribution in [0.5, 0.6) is 11.5 Å². The molecule has 3 rings (SSSR count). The van der Waals surface area contributed by atoms with E-state index in [9.17, 15) is 0 Å². The van der Waals surface area contributed by atoms with Crippen molar-refractivity contribution in [1.82, 2.24) is 0 Å². The van der Waals surface area contributed by atoms with Crippen LogP contribution >= 0.6 is 38.9 Å². The first-order valence-electron chi connectivity index (χ1n) is 5.75. The molecule has 0 saturated heterocycles. The second kappa shape index (κ2) is 5.32. The van der Waals surface area contributed by atoms with E-state index in [-0.39, 0.29) is 6.04 Å². The molecule has 0 bridgehead atoms. The Morgan fingerprint density at radius 2 is 1.89 bits per heavy atom. The van der Waals surface area contributed by atoms with Crippen molar-refractivity contribution in [3.05, 3.63) is 43.5 Å². The lowest BCUT2D eigenvalue weighted by molar-refractivity contribution is 0.171. The van der Waals surface area contributed by atoms with Gasteiger partial charge < -0.3 is 15.2 Å². The minimum absolute atomic E-state index is 0.264. The number of thiophene rings is 1. The molecular formula is C13H11BrClNO2S. The smallest absolute Gasteiger partial charge is 0.162 e. The van der Waals surface area contributed by atoms with Crippen molar-refractivity contribution < 1.29 is 9.47 Å². The fourth-order valence-electron chi connectivity index (χ4n) is 1.97. The van der Waals surface area contributed by atoms with Gasteiger partial charge in [0, 0.05) is 16.0 Å². The van der Waals surface area contributed by atoms with E-state index in [1.165, 1.54) is 0 Å². The molecule has 0 aliphatic carbocycles. The van der Waals surface area contributed by atoms with Gasteiger partial charge in [-0.1, -0.05) is 11.6 Å². The Morgan fingerprint density at radius 3 is 2.53 bits per heavy atom. The number of fused-ring (bicyclic) bond motifs is 1. The summed E-state index contributed by atoms with van der Waals surface area (Å²) in [5.41, 5.74) is 7.12. The highest BCUT2D eigenvalue weighted by Gasteiger charge is 2.20. The van der Waals surface area contributed by atoms with Crippen molar-refractivity contribution in [3.63, 3.8) is 0 Å². The molecule has 0 amide bonds. The van der Waals surface area contributed by atoms with Gasteiger partial charge >= 0.3 is 0 Å². The molecule has 0 radical (unpaired) electrons. The van der Waals surface area contributed by atoms with Gasteiger partial charge in [0.2, 0.25) is 0 Å². The predicted octanol–water partition coefficient (Wildman–Crippen LogP) is 3.98. The minimum atomic E-state index is -0.264. The first-order chi connectivity index (χ1) is 9.15. The number of hydrogen-bond acceptors (Lipinski definition) is 4. The van der Waals surface area contributed by atoms with Crippen LogP contribution in [-0.2, 0) is 0 Å². The van der Waals surface area contributed by atoms with Gasteiger partial charge in [-0.15, -0.1) is 11.3 Å². The van der Waals surface area contributed by atoms with E-state index in [0.29, 0.717) is 29.7 Å². The van der Waals surface area contributed by atoms with Gasteiger partial charge in [0.05, 0.1) is 9.83 Å². The normalized spacial score (nSPS) is 15.3. The van der Waals surface area contributed by atoms with Crippen LogP contribution in [0.2, 0.25) is 5.02 Å². The zero-order valence-electron chi connectivity index (χ0n) is 9.86. The minimum Gasteiger partial charge on any atom is -0.486 e. The van der Waals surface area contributed by atoms with E-state index < -0.39 is 0 Å². The summed E-state index contributed by atoms with van der Waals surface area (Å²) in [6.45, 7) is 1.10. The molecule has 0 saturated carbocycles. The van der Waals surface area contributed by atoms with E-state index in [2.05, 4.69) is 15.9 Å². The molecule has 1 unspecified atom stereocenters. The average molecular weight is 361 g/mol. The van der Waals surface area contributed by atoms with Gasteiger partial charge in [-0.05, 0) is 39.7 Å². The Hall–Kier alpha value is -0.750. The predicted molar refractivity (Wildman–Crippen MR) is 80.5 cm³/mol. The van der Waals surface area contributed by atoms with Crippen LogP contribution < -0.4 is 15.2 Å². The summed E-state index contributed by atoms with van der Waals surface area (Å²) in [5, 5.41) is 0.598. The summed E-state index contributed by atoms with van der Waals surface area (Å²) in [6.07, 6.45) is 0. The highest BCUT2D eigenvalue weighted by atomic mass is 79.9. The van der Waals surface area contributed by atoms with Gasteiger partial charge in [-0.3, -0.25) is 0 Å². The van der Waals surface area contributed by atoms with Crippen LogP contribution in [0.3, 0.4) is 0 Å². The summed E-state index contributed by atoms with van der Waals surface area (Å²) in [5.74, 6) is 1.39. The molecule has 1 aliphatic rings. The summed E-state index contributed by atoms with van der Waals surface area (Å²) >= 11 is 11.3. The van der Waals surface area contributed by atoms with Crippen molar-refractivity contribution in [1.29, 1.82) is 0 Å². The zero-order valence-corrected chi connectivity index (χ0v) is 13.0. The fourth-order valence-corrected chi connectivity index (χ4v) is 3.68. The maximum absolute atomic E-state index is 6.29. The first-order valence-corrected chi connectivity index (χ1v) is 7.74. The second-order valence-corrected chi connectivity index (χ2v) is 7.04. The third-order valence-electron chi connectivity index (χ3n) is 2.90. The van der Waals surface area contributed by atoms with Crippen molar-refractivity contribution >= 4 is 38.9 Å². The highest BCUT2D eigenvalue weighted by Crippen LogP contribution is 2.40. The second-order valence-electron chi connectivity index (χ2n) is 4.14. The summed E-state index contributed by atoms with van der Waals surface area (Å²) < 4.78 is 12.1. The maximum atomic E-state index is 6.29. The SMILES string of the molecule is NC(c1ccc(Br)s1)c1cc2c(cc1Cl)OCCO2. The third kappa shape index (κ3) is 2.60. The molecule has 1 aromatic heterocycles. The van der Waals surface area contributed by atoms with E-state index in [1.807, 2.05) is 18.2 Å². The van der Waals surface area contributed by atoms with Crippen molar-refractivity contribution in [2.24, 2.45) is 5.73 Å². The molecule has 1 aromatic carbocycles. The van der Waals surface area contributed by atoms with Crippen molar-refractivity contribution in [3.8, 4) is 11.5 Å². The molecule has 2 aromatic rings. The molecule has 1 atom stereocenters. The number of halogens is 2. The number of benzene rings is 1.